The monoisotopic (exact) mass is 389 g/mol. The van der Waals surface area contributed by atoms with Gasteiger partial charge in [0.15, 0.2) is 11.7 Å². The average molecular weight is 389 g/mol. The summed E-state index contributed by atoms with van der Waals surface area (Å²) in [7, 11) is 1.43. The molecule has 2 aromatic carbocycles. The molecule has 4 rings (SSSR count). The van der Waals surface area contributed by atoms with Crippen LogP contribution < -0.4 is 5.32 Å². The molecule has 0 aliphatic carbocycles. The van der Waals surface area contributed by atoms with Crippen LogP contribution in [0.1, 0.15) is 35.1 Å². The van der Waals surface area contributed by atoms with Crippen LogP contribution in [0.25, 0.3) is 12.2 Å². The summed E-state index contributed by atoms with van der Waals surface area (Å²) < 4.78 is 11.1. The third-order valence-corrected chi connectivity index (χ3v) is 5.25. The molecule has 1 aliphatic rings. The first-order chi connectivity index (χ1) is 14.1. The number of carbonyl (C=O) groups excluding carboxylic acids is 1. The molecule has 3 aromatic rings. The fourth-order valence-electron chi connectivity index (χ4n) is 3.75. The molecule has 0 spiro atoms. The van der Waals surface area contributed by atoms with Crippen LogP contribution in [0.5, 0.6) is 0 Å². The van der Waals surface area contributed by atoms with E-state index in [1.54, 1.807) is 18.2 Å². The highest BCUT2D eigenvalue weighted by Crippen LogP contribution is 2.42. The molecule has 2 N–H and O–H groups in total. The Morgan fingerprint density at radius 2 is 1.93 bits per heavy atom. The summed E-state index contributed by atoms with van der Waals surface area (Å²) in [6, 6.07) is 18.6. The molecule has 2 unspecified atom stereocenters. The van der Waals surface area contributed by atoms with Gasteiger partial charge >= 0.3 is 0 Å². The van der Waals surface area contributed by atoms with E-state index < -0.39 is 11.7 Å². The van der Waals surface area contributed by atoms with Gasteiger partial charge in [0.2, 0.25) is 0 Å². The highest BCUT2D eigenvalue weighted by atomic mass is 16.5. The number of carbonyl (C=O) groups is 1. The Hall–Kier alpha value is -3.15. The highest BCUT2D eigenvalue weighted by molar-refractivity contribution is 6.00. The summed E-state index contributed by atoms with van der Waals surface area (Å²) >= 11 is 0. The molecule has 0 saturated heterocycles. The lowest BCUT2D eigenvalue weighted by molar-refractivity contribution is -0.142. The largest absolute Gasteiger partial charge is 0.462 e. The normalized spacial score (nSPS) is 21.2. The Labute approximate surface area is 169 Å². The predicted octanol–water partition coefficient (Wildman–Crippen LogP) is 4.22. The lowest BCUT2D eigenvalue weighted by Gasteiger charge is -2.40. The molecule has 2 atom stereocenters. The van der Waals surface area contributed by atoms with E-state index in [9.17, 15) is 9.90 Å². The highest BCUT2D eigenvalue weighted by Gasteiger charge is 2.49. The van der Waals surface area contributed by atoms with Crippen molar-refractivity contribution in [2.75, 3.05) is 12.4 Å². The van der Waals surface area contributed by atoms with Crippen LogP contribution in [-0.4, -0.2) is 24.2 Å². The van der Waals surface area contributed by atoms with Crippen molar-refractivity contribution in [1.29, 1.82) is 0 Å². The van der Waals surface area contributed by atoms with Crippen molar-refractivity contribution >= 4 is 23.7 Å². The average Bonchev–Trinajstić information content (AvgIpc) is 3.21. The van der Waals surface area contributed by atoms with Crippen LogP contribution in [0.15, 0.2) is 65.1 Å². The molecule has 0 bridgehead atoms. The molecule has 0 radical (unpaired) electrons. The summed E-state index contributed by atoms with van der Waals surface area (Å²) in [5.74, 6) is 1.32. The third kappa shape index (κ3) is 3.39. The second kappa shape index (κ2) is 7.70. The molecule has 1 aliphatic heterocycles. The molecule has 5 nitrogen and oxygen atoms in total. The Morgan fingerprint density at radius 1 is 1.14 bits per heavy atom. The van der Waals surface area contributed by atoms with Gasteiger partial charge in [-0.05, 0) is 41.5 Å². The van der Waals surface area contributed by atoms with Crippen molar-refractivity contribution in [2.24, 2.45) is 0 Å². The van der Waals surface area contributed by atoms with E-state index in [1.165, 1.54) is 7.11 Å². The van der Waals surface area contributed by atoms with E-state index in [-0.39, 0.29) is 5.91 Å². The molecule has 0 fully saturated rings. The van der Waals surface area contributed by atoms with Gasteiger partial charge in [-0.2, -0.15) is 0 Å². The van der Waals surface area contributed by atoms with Gasteiger partial charge in [0, 0.05) is 24.8 Å². The van der Waals surface area contributed by atoms with Gasteiger partial charge < -0.3 is 19.6 Å². The van der Waals surface area contributed by atoms with E-state index in [4.69, 9.17) is 9.15 Å². The van der Waals surface area contributed by atoms with Crippen molar-refractivity contribution in [2.45, 2.75) is 25.0 Å². The maximum Gasteiger partial charge on any atom is 0.257 e. The van der Waals surface area contributed by atoms with Crippen LogP contribution in [0.4, 0.5) is 5.69 Å². The number of aryl methyl sites for hydroxylation is 1. The lowest BCUT2D eigenvalue weighted by atomic mass is 9.77. The summed E-state index contributed by atoms with van der Waals surface area (Å²) in [6.45, 7) is 2.04. The standard InChI is InChI=1S/C24H23NO4/c1-3-18-12-13-19(29-18)11-9-16-10-14-21-20(15-16)24(27,17-7-5-4-6-8-17)22(28-2)23(26)25-21/h4-15,22,27H,3H2,1-2H3,(H,25,26). The molecular weight excluding hydrogens is 366 g/mol. The quantitative estimate of drug-likeness (QED) is 0.686. The SMILES string of the molecule is CCc1ccc(C=Cc2ccc3c(c2)C(O)(c2ccccc2)C(OC)C(=O)N3)o1. The third-order valence-electron chi connectivity index (χ3n) is 5.25. The summed E-state index contributed by atoms with van der Waals surface area (Å²) in [5, 5.41) is 14.6. The summed E-state index contributed by atoms with van der Waals surface area (Å²) in [6.07, 6.45) is 3.59. The number of anilines is 1. The van der Waals surface area contributed by atoms with E-state index in [2.05, 4.69) is 5.32 Å². The number of benzene rings is 2. The van der Waals surface area contributed by atoms with Gasteiger partial charge in [-0.15, -0.1) is 0 Å². The van der Waals surface area contributed by atoms with E-state index in [0.717, 1.165) is 23.5 Å². The number of methoxy groups -OCH3 is 1. The number of amides is 1. The molecule has 2 heterocycles. The minimum absolute atomic E-state index is 0.377. The number of hydrogen-bond donors (Lipinski definition) is 2. The maximum absolute atomic E-state index is 12.6. The van der Waals surface area contributed by atoms with E-state index >= 15 is 0 Å². The Kier molecular flexibility index (Phi) is 5.09. The molecule has 0 saturated carbocycles. The van der Waals surface area contributed by atoms with Crippen molar-refractivity contribution in [3.8, 4) is 0 Å². The van der Waals surface area contributed by atoms with E-state index in [1.807, 2.05) is 61.5 Å². The molecular formula is C24H23NO4. The van der Waals surface area contributed by atoms with Gasteiger partial charge in [0.05, 0.1) is 0 Å². The first-order valence-corrected chi connectivity index (χ1v) is 9.59. The number of fused-ring (bicyclic) bond motifs is 1. The van der Waals surface area contributed by atoms with Crippen molar-refractivity contribution in [3.63, 3.8) is 0 Å². The Bertz CT molecular complexity index is 1050. The molecule has 5 heteroatoms. The van der Waals surface area contributed by atoms with Crippen molar-refractivity contribution < 1.29 is 19.1 Å². The molecule has 1 aromatic heterocycles. The fourth-order valence-corrected chi connectivity index (χ4v) is 3.75. The number of hydrogen-bond acceptors (Lipinski definition) is 4. The van der Waals surface area contributed by atoms with Gasteiger partial charge in [0.1, 0.15) is 11.5 Å². The first kappa shape index (κ1) is 19.2. The maximum atomic E-state index is 12.6. The zero-order chi connectivity index (χ0) is 20.4. The predicted molar refractivity (Wildman–Crippen MR) is 112 cm³/mol. The van der Waals surface area contributed by atoms with Crippen molar-refractivity contribution in [1.82, 2.24) is 0 Å². The van der Waals surface area contributed by atoms with Gasteiger partial charge in [-0.1, -0.05) is 49.4 Å². The molecule has 29 heavy (non-hydrogen) atoms. The number of aliphatic hydroxyl groups is 1. The number of nitrogens with one attached hydrogen (secondary N) is 1. The number of rotatable bonds is 5. The van der Waals surface area contributed by atoms with Crippen LogP contribution >= 0.6 is 0 Å². The first-order valence-electron chi connectivity index (χ1n) is 9.59. The topological polar surface area (TPSA) is 71.7 Å². The summed E-state index contributed by atoms with van der Waals surface area (Å²) in [5.41, 5.74) is 1.03. The summed E-state index contributed by atoms with van der Waals surface area (Å²) in [4.78, 5) is 12.6. The van der Waals surface area contributed by atoms with Crippen LogP contribution in [-0.2, 0) is 21.6 Å². The number of ether oxygens (including phenoxy) is 1. The molecule has 148 valence electrons. The second-order valence-corrected chi connectivity index (χ2v) is 7.03. The smallest absolute Gasteiger partial charge is 0.257 e. The Morgan fingerprint density at radius 3 is 2.62 bits per heavy atom. The zero-order valence-corrected chi connectivity index (χ0v) is 16.4. The second-order valence-electron chi connectivity index (χ2n) is 7.03. The number of furan rings is 1. The minimum Gasteiger partial charge on any atom is -0.462 e. The van der Waals surface area contributed by atoms with Crippen molar-refractivity contribution in [3.05, 3.63) is 88.9 Å². The van der Waals surface area contributed by atoms with Gasteiger partial charge in [0.25, 0.3) is 5.91 Å². The fraction of sp³-hybridized carbons (Fsp3) is 0.208. The lowest BCUT2D eigenvalue weighted by Crippen LogP contribution is -2.52. The van der Waals surface area contributed by atoms with E-state index in [0.29, 0.717) is 16.8 Å². The zero-order valence-electron chi connectivity index (χ0n) is 16.4. The van der Waals surface area contributed by atoms with Gasteiger partial charge in [-0.25, -0.2) is 0 Å². The Balaban J connectivity index is 1.78. The van der Waals surface area contributed by atoms with Crippen LogP contribution in [0.3, 0.4) is 0 Å². The van der Waals surface area contributed by atoms with Crippen LogP contribution in [0.2, 0.25) is 0 Å². The molecule has 1 amide bonds. The van der Waals surface area contributed by atoms with Gasteiger partial charge in [-0.3, -0.25) is 4.79 Å². The minimum atomic E-state index is -1.60. The van der Waals surface area contributed by atoms with Crippen LogP contribution in [0, 0.1) is 0 Å².